The molecule has 0 bridgehead atoms. The molecule has 0 radical (unpaired) electrons. The van der Waals surface area contributed by atoms with Crippen LogP contribution in [0, 0.1) is 5.41 Å². The topological polar surface area (TPSA) is 42.7 Å². The fourth-order valence-electron chi connectivity index (χ4n) is 1.28. The smallest absolute Gasteiger partial charge is 0.175 e. The number of rotatable bonds is 0. The minimum atomic E-state index is 0.608. The molecule has 0 saturated heterocycles. The molecule has 1 N–H and O–H groups in total. The van der Waals surface area contributed by atoms with Gasteiger partial charge in [0.15, 0.2) is 5.84 Å². The summed E-state index contributed by atoms with van der Waals surface area (Å²) >= 11 is 0. The summed E-state index contributed by atoms with van der Waals surface area (Å²) in [5.74, 6) is 0.801. The molecule has 2 aliphatic heterocycles. The summed E-state index contributed by atoms with van der Waals surface area (Å²) in [5.41, 5.74) is 0.608. The molecule has 0 fully saturated rings. The Morgan fingerprint density at radius 2 is 2.45 bits per heavy atom. The second-order valence-corrected chi connectivity index (χ2v) is 2.76. The Bertz CT molecular complexity index is 253. The number of nitrogens with one attached hydrogen (secondary N) is 1. The summed E-state index contributed by atoms with van der Waals surface area (Å²) in [7, 11) is 1.91. The highest BCUT2D eigenvalue weighted by atomic mass is 15.6. The Balaban J connectivity index is 2.33. The van der Waals surface area contributed by atoms with E-state index in [1.807, 2.05) is 29.2 Å². The predicted molar refractivity (Wildman–Crippen MR) is 43.4 cm³/mol. The number of hydrogen-bond donors (Lipinski definition) is 1. The third-order valence-electron chi connectivity index (χ3n) is 1.77. The molecule has 4 nitrogen and oxygen atoms in total. The summed E-state index contributed by atoms with van der Waals surface area (Å²) in [6.07, 6.45) is 4.68. The van der Waals surface area contributed by atoms with Crippen LogP contribution in [0.4, 0.5) is 0 Å². The minimum Gasteiger partial charge on any atom is -0.311 e. The first kappa shape index (κ1) is 6.39. The molecule has 0 aromatic rings. The van der Waals surface area contributed by atoms with Gasteiger partial charge in [0.1, 0.15) is 6.67 Å². The summed E-state index contributed by atoms with van der Waals surface area (Å²) in [6.45, 7) is 0.772. The van der Waals surface area contributed by atoms with Gasteiger partial charge >= 0.3 is 0 Å². The molecule has 0 atom stereocenters. The van der Waals surface area contributed by atoms with Gasteiger partial charge in [0, 0.05) is 19.7 Å². The van der Waals surface area contributed by atoms with Crippen molar-refractivity contribution in [3.8, 4) is 0 Å². The van der Waals surface area contributed by atoms with Gasteiger partial charge in [-0.15, -0.1) is 0 Å². The number of nitrogens with zero attached hydrogens (tertiary/aromatic N) is 3. The van der Waals surface area contributed by atoms with Gasteiger partial charge in [0.2, 0.25) is 0 Å². The van der Waals surface area contributed by atoms with Crippen LogP contribution in [0.25, 0.3) is 0 Å². The fourth-order valence-corrected chi connectivity index (χ4v) is 1.28. The second kappa shape index (κ2) is 2.08. The van der Waals surface area contributed by atoms with Crippen molar-refractivity contribution in [2.45, 2.75) is 6.42 Å². The van der Waals surface area contributed by atoms with Crippen molar-refractivity contribution in [1.82, 2.24) is 9.91 Å². The molecule has 0 aromatic carbocycles. The van der Waals surface area contributed by atoms with Gasteiger partial charge < -0.3 is 10.3 Å². The molecule has 2 aliphatic rings. The maximum absolute atomic E-state index is 7.56. The Labute approximate surface area is 65.3 Å². The van der Waals surface area contributed by atoms with Gasteiger partial charge in [-0.05, 0) is 0 Å². The first-order chi connectivity index (χ1) is 5.27. The second-order valence-electron chi connectivity index (χ2n) is 2.76. The molecule has 0 unspecified atom stereocenters. The summed E-state index contributed by atoms with van der Waals surface area (Å²) < 4.78 is 0. The minimum absolute atomic E-state index is 0.608. The van der Waals surface area contributed by atoms with Crippen LogP contribution >= 0.6 is 0 Å². The quantitative estimate of drug-likeness (QED) is 0.544. The highest BCUT2D eigenvalue weighted by molar-refractivity contribution is 6.41. The van der Waals surface area contributed by atoms with E-state index >= 15 is 0 Å². The molecule has 0 saturated carbocycles. The molecular formula is C7H10N4. The highest BCUT2D eigenvalue weighted by Crippen LogP contribution is 2.13. The van der Waals surface area contributed by atoms with Gasteiger partial charge in [-0.25, -0.2) is 0 Å². The van der Waals surface area contributed by atoms with Crippen molar-refractivity contribution in [2.24, 2.45) is 5.10 Å². The van der Waals surface area contributed by atoms with Crippen molar-refractivity contribution in [3.05, 3.63) is 12.3 Å². The molecular weight excluding hydrogens is 140 g/mol. The van der Waals surface area contributed by atoms with Gasteiger partial charge in [-0.1, -0.05) is 6.08 Å². The Morgan fingerprint density at radius 3 is 3.18 bits per heavy atom. The van der Waals surface area contributed by atoms with Crippen molar-refractivity contribution in [2.75, 3.05) is 13.7 Å². The monoisotopic (exact) mass is 150 g/mol. The van der Waals surface area contributed by atoms with E-state index in [0.717, 1.165) is 12.5 Å². The lowest BCUT2D eigenvalue weighted by Crippen LogP contribution is -2.32. The zero-order valence-corrected chi connectivity index (χ0v) is 6.41. The van der Waals surface area contributed by atoms with Crippen LogP contribution in [0.2, 0.25) is 0 Å². The van der Waals surface area contributed by atoms with Crippen LogP contribution in [0.5, 0.6) is 0 Å². The fraction of sp³-hybridized carbons (Fsp3) is 0.429. The van der Waals surface area contributed by atoms with Crippen LogP contribution in [-0.2, 0) is 0 Å². The van der Waals surface area contributed by atoms with E-state index in [4.69, 9.17) is 5.41 Å². The van der Waals surface area contributed by atoms with E-state index in [0.29, 0.717) is 12.1 Å². The highest BCUT2D eigenvalue weighted by Gasteiger charge is 2.23. The van der Waals surface area contributed by atoms with Gasteiger partial charge in [0.05, 0.1) is 5.71 Å². The number of amidine groups is 1. The average molecular weight is 150 g/mol. The number of fused-ring (bicyclic) bond motifs is 1. The van der Waals surface area contributed by atoms with Crippen molar-refractivity contribution < 1.29 is 0 Å². The van der Waals surface area contributed by atoms with E-state index in [1.165, 1.54) is 0 Å². The molecule has 2 rings (SSSR count). The van der Waals surface area contributed by atoms with E-state index < -0.39 is 0 Å². The normalized spacial score (nSPS) is 22.3. The molecule has 58 valence electrons. The van der Waals surface area contributed by atoms with Crippen LogP contribution in [0.3, 0.4) is 0 Å². The van der Waals surface area contributed by atoms with Crippen molar-refractivity contribution in [3.63, 3.8) is 0 Å². The Kier molecular flexibility index (Phi) is 1.21. The van der Waals surface area contributed by atoms with Gasteiger partial charge in [-0.2, -0.15) is 5.10 Å². The van der Waals surface area contributed by atoms with Crippen LogP contribution in [-0.4, -0.2) is 35.2 Å². The van der Waals surface area contributed by atoms with Crippen LogP contribution in [0.15, 0.2) is 17.4 Å². The molecule has 4 heteroatoms. The Morgan fingerprint density at radius 1 is 1.64 bits per heavy atom. The zero-order chi connectivity index (χ0) is 7.84. The van der Waals surface area contributed by atoms with Gasteiger partial charge in [0.25, 0.3) is 0 Å². The molecule has 11 heavy (non-hydrogen) atoms. The van der Waals surface area contributed by atoms with E-state index in [2.05, 4.69) is 5.10 Å². The number of allylic oxidation sites excluding steroid dienone is 1. The first-order valence-electron chi connectivity index (χ1n) is 3.58. The lowest BCUT2D eigenvalue weighted by Gasteiger charge is -2.18. The van der Waals surface area contributed by atoms with E-state index in [9.17, 15) is 0 Å². The SMILES string of the molecule is CN1CN2C=CCC(=N)C2=N1. The largest absolute Gasteiger partial charge is 0.311 e. The maximum atomic E-state index is 7.56. The summed E-state index contributed by atoms with van der Waals surface area (Å²) in [4.78, 5) is 1.98. The van der Waals surface area contributed by atoms with Crippen molar-refractivity contribution >= 4 is 11.5 Å². The predicted octanol–water partition coefficient (Wildman–Crippen LogP) is 0.442. The zero-order valence-electron chi connectivity index (χ0n) is 6.41. The molecule has 0 spiro atoms. The average Bonchev–Trinajstić information content (AvgIpc) is 2.31. The van der Waals surface area contributed by atoms with E-state index in [-0.39, 0.29) is 0 Å². The maximum Gasteiger partial charge on any atom is 0.175 e. The Hall–Kier alpha value is -1.32. The van der Waals surface area contributed by atoms with E-state index in [1.54, 1.807) is 0 Å². The summed E-state index contributed by atoms with van der Waals surface area (Å²) in [5, 5.41) is 13.6. The molecule has 2 heterocycles. The molecule has 0 aromatic heterocycles. The molecule has 0 amide bonds. The standard InChI is InChI=1S/C7H10N4/c1-10-5-11-4-2-3-6(8)7(11)9-10/h2,4,8H,3,5H2,1H3. The lowest BCUT2D eigenvalue weighted by molar-refractivity contribution is 0.317. The molecule has 0 aliphatic carbocycles. The number of hydrogen-bond acceptors (Lipinski definition) is 4. The van der Waals surface area contributed by atoms with Crippen molar-refractivity contribution in [1.29, 1.82) is 5.41 Å². The van der Waals surface area contributed by atoms with Crippen LogP contribution < -0.4 is 0 Å². The lowest BCUT2D eigenvalue weighted by atomic mass is 10.2. The third-order valence-corrected chi connectivity index (χ3v) is 1.77. The van der Waals surface area contributed by atoms with Crippen LogP contribution in [0.1, 0.15) is 6.42 Å². The third kappa shape index (κ3) is 0.906. The first-order valence-corrected chi connectivity index (χ1v) is 3.58. The summed E-state index contributed by atoms with van der Waals surface area (Å²) in [6, 6.07) is 0. The number of hydrazone groups is 1. The van der Waals surface area contributed by atoms with Gasteiger partial charge in [-0.3, -0.25) is 5.01 Å².